The first-order valence-corrected chi connectivity index (χ1v) is 29.9. The fraction of sp³-hybridized carbons (Fsp3) is 0.766. The molecule has 0 unspecified atom stereocenters. The third-order valence-electron chi connectivity index (χ3n) is 12.9. The summed E-state index contributed by atoms with van der Waals surface area (Å²) in [7, 11) is 0. The summed E-state index contributed by atoms with van der Waals surface area (Å²) < 4.78 is 16.9. The molecule has 0 aliphatic carbocycles. The molecule has 404 valence electrons. The maximum absolute atomic E-state index is 12.9. The smallest absolute Gasteiger partial charge is 0.306 e. The van der Waals surface area contributed by atoms with E-state index in [-0.39, 0.29) is 31.1 Å². The van der Waals surface area contributed by atoms with Crippen LogP contribution in [0.3, 0.4) is 0 Å². The summed E-state index contributed by atoms with van der Waals surface area (Å²) in [5.41, 5.74) is 0. The van der Waals surface area contributed by atoms with Gasteiger partial charge in [-0.1, -0.05) is 235 Å². The Hall–Kier alpha value is -3.15. The highest BCUT2D eigenvalue weighted by Gasteiger charge is 2.19. The Balaban J connectivity index is 4.43. The van der Waals surface area contributed by atoms with Crippen LogP contribution in [0.15, 0.2) is 72.9 Å². The summed E-state index contributed by atoms with van der Waals surface area (Å²) >= 11 is 0. The highest BCUT2D eigenvalue weighted by atomic mass is 16.6. The van der Waals surface area contributed by atoms with Gasteiger partial charge in [-0.05, 0) is 116 Å². The maximum Gasteiger partial charge on any atom is 0.306 e. The molecule has 0 N–H and O–H groups in total. The van der Waals surface area contributed by atoms with Crippen LogP contribution in [0.1, 0.15) is 297 Å². The zero-order valence-corrected chi connectivity index (χ0v) is 46.3. The molecule has 0 saturated carbocycles. The van der Waals surface area contributed by atoms with E-state index < -0.39 is 6.10 Å². The summed E-state index contributed by atoms with van der Waals surface area (Å²) in [4.78, 5) is 38.2. The van der Waals surface area contributed by atoms with Crippen molar-refractivity contribution in [3.8, 4) is 0 Å². The molecule has 0 aromatic rings. The van der Waals surface area contributed by atoms with Crippen molar-refractivity contribution in [3.63, 3.8) is 0 Å². The van der Waals surface area contributed by atoms with Gasteiger partial charge in [0.05, 0.1) is 0 Å². The fourth-order valence-corrected chi connectivity index (χ4v) is 8.36. The molecule has 0 saturated heterocycles. The standard InChI is InChI=1S/C64H112O6/c1-4-7-10-13-16-19-22-25-28-30-32-34-36-39-42-45-48-51-54-57-63(66)69-60-61(59-68-62(65)56-53-50-47-44-41-38-27-24-21-18-15-12-9-6-3)70-64(67)58-55-52-49-46-43-40-37-35-33-31-29-26-23-20-17-14-11-8-5-2/h16,19,24-29,32,34,39,42,61H,4-15,17-18,20-23,30-31,33,35-38,40-41,43-60H2,1-3H3/b19-16-,27-24-,28-25-,29-26-,34-32-,42-39-/t61-/m1/s1. The van der Waals surface area contributed by atoms with Crippen molar-refractivity contribution in [2.45, 2.75) is 303 Å². The summed E-state index contributed by atoms with van der Waals surface area (Å²) in [5, 5.41) is 0. The first kappa shape index (κ1) is 66.9. The van der Waals surface area contributed by atoms with Crippen molar-refractivity contribution in [3.05, 3.63) is 72.9 Å². The van der Waals surface area contributed by atoms with Crippen LogP contribution in [0.25, 0.3) is 0 Å². The number of hydrogen-bond acceptors (Lipinski definition) is 6. The molecule has 6 heteroatoms. The number of esters is 3. The van der Waals surface area contributed by atoms with Crippen LogP contribution in [0.4, 0.5) is 0 Å². The van der Waals surface area contributed by atoms with Crippen LogP contribution >= 0.6 is 0 Å². The van der Waals surface area contributed by atoms with Crippen molar-refractivity contribution in [2.75, 3.05) is 13.2 Å². The van der Waals surface area contributed by atoms with Gasteiger partial charge in [0.2, 0.25) is 0 Å². The van der Waals surface area contributed by atoms with Crippen molar-refractivity contribution in [1.29, 1.82) is 0 Å². The molecule has 0 fully saturated rings. The van der Waals surface area contributed by atoms with Crippen LogP contribution in [0.2, 0.25) is 0 Å². The zero-order chi connectivity index (χ0) is 50.7. The van der Waals surface area contributed by atoms with E-state index in [0.717, 1.165) is 89.9 Å². The Morgan fingerprint density at radius 1 is 0.286 bits per heavy atom. The van der Waals surface area contributed by atoms with E-state index in [1.807, 2.05) is 0 Å². The van der Waals surface area contributed by atoms with Gasteiger partial charge in [0.25, 0.3) is 0 Å². The number of carbonyl (C=O) groups is 3. The molecule has 0 aliphatic heterocycles. The fourth-order valence-electron chi connectivity index (χ4n) is 8.36. The van der Waals surface area contributed by atoms with E-state index in [4.69, 9.17) is 14.2 Å². The van der Waals surface area contributed by atoms with E-state index >= 15 is 0 Å². The van der Waals surface area contributed by atoms with E-state index in [2.05, 4.69) is 93.7 Å². The first-order valence-electron chi connectivity index (χ1n) is 29.9. The van der Waals surface area contributed by atoms with Crippen LogP contribution in [0, 0.1) is 0 Å². The van der Waals surface area contributed by atoms with Gasteiger partial charge < -0.3 is 14.2 Å². The van der Waals surface area contributed by atoms with Gasteiger partial charge >= 0.3 is 17.9 Å². The third kappa shape index (κ3) is 55.8. The summed E-state index contributed by atoms with van der Waals surface area (Å²) in [6, 6.07) is 0. The lowest BCUT2D eigenvalue weighted by Crippen LogP contribution is -2.30. The lowest BCUT2D eigenvalue weighted by atomic mass is 10.1. The Bertz CT molecular complexity index is 1310. The van der Waals surface area contributed by atoms with Gasteiger partial charge in [0.1, 0.15) is 13.2 Å². The average molecular weight is 978 g/mol. The largest absolute Gasteiger partial charge is 0.462 e. The molecule has 0 radical (unpaired) electrons. The van der Waals surface area contributed by atoms with Gasteiger partial charge in [0.15, 0.2) is 6.10 Å². The van der Waals surface area contributed by atoms with Crippen molar-refractivity contribution in [2.24, 2.45) is 0 Å². The van der Waals surface area contributed by atoms with Crippen LogP contribution < -0.4 is 0 Å². The Morgan fingerprint density at radius 3 is 0.857 bits per heavy atom. The normalized spacial score (nSPS) is 12.6. The molecule has 1 atom stereocenters. The number of ether oxygens (including phenoxy) is 3. The van der Waals surface area contributed by atoms with Gasteiger partial charge in [-0.3, -0.25) is 14.4 Å². The van der Waals surface area contributed by atoms with Gasteiger partial charge in [-0.2, -0.15) is 0 Å². The maximum atomic E-state index is 12.9. The van der Waals surface area contributed by atoms with Crippen LogP contribution in [0.5, 0.6) is 0 Å². The molecule has 70 heavy (non-hydrogen) atoms. The van der Waals surface area contributed by atoms with E-state index in [0.29, 0.717) is 19.3 Å². The number of allylic oxidation sites excluding steroid dienone is 12. The first-order chi connectivity index (χ1) is 34.5. The number of unbranched alkanes of at least 4 members (excludes halogenated alkanes) is 31. The molecule has 0 rings (SSSR count). The molecule has 0 bridgehead atoms. The number of rotatable bonds is 54. The monoisotopic (exact) mass is 977 g/mol. The lowest BCUT2D eigenvalue weighted by Gasteiger charge is -2.18. The lowest BCUT2D eigenvalue weighted by molar-refractivity contribution is -0.167. The zero-order valence-electron chi connectivity index (χ0n) is 46.3. The number of carbonyl (C=O) groups excluding carboxylic acids is 3. The highest BCUT2D eigenvalue weighted by Crippen LogP contribution is 2.15. The third-order valence-corrected chi connectivity index (χ3v) is 12.9. The van der Waals surface area contributed by atoms with E-state index in [1.54, 1.807) is 0 Å². The number of hydrogen-bond donors (Lipinski definition) is 0. The Labute approximate surface area is 433 Å². The minimum atomic E-state index is -0.793. The van der Waals surface area contributed by atoms with Crippen LogP contribution in [-0.4, -0.2) is 37.2 Å². The summed E-state index contributed by atoms with van der Waals surface area (Å²) in [5.74, 6) is -0.922. The molecule has 0 heterocycles. The van der Waals surface area contributed by atoms with Crippen LogP contribution in [-0.2, 0) is 28.6 Å². The second kappa shape index (κ2) is 58.4. The molecule has 0 aromatic heterocycles. The molecular formula is C64H112O6. The van der Waals surface area contributed by atoms with Crippen molar-refractivity contribution in [1.82, 2.24) is 0 Å². The molecular weight excluding hydrogens is 865 g/mol. The second-order valence-corrected chi connectivity index (χ2v) is 19.9. The average Bonchev–Trinajstić information content (AvgIpc) is 3.36. The molecule has 0 aromatic carbocycles. The van der Waals surface area contributed by atoms with Gasteiger partial charge in [0, 0.05) is 19.3 Å². The van der Waals surface area contributed by atoms with Gasteiger partial charge in [-0.25, -0.2) is 0 Å². The quantitative estimate of drug-likeness (QED) is 0.0261. The van der Waals surface area contributed by atoms with E-state index in [1.165, 1.54) is 167 Å². The highest BCUT2D eigenvalue weighted by molar-refractivity contribution is 5.71. The van der Waals surface area contributed by atoms with Crippen molar-refractivity contribution >= 4 is 17.9 Å². The topological polar surface area (TPSA) is 78.9 Å². The van der Waals surface area contributed by atoms with Crippen molar-refractivity contribution < 1.29 is 28.6 Å². The SMILES string of the molecule is CCCCC/C=C\C/C=C\C/C=C\C/C=C\CCCCCC(=O)OC[C@@H](COC(=O)CCCCCCC/C=C\CCCCCCC)OC(=O)CCCCCCCCCCC/C=C\CCCCCCCC. The molecule has 0 amide bonds. The van der Waals surface area contributed by atoms with E-state index in [9.17, 15) is 14.4 Å². The predicted molar refractivity (Wildman–Crippen MR) is 302 cm³/mol. The summed E-state index contributed by atoms with van der Waals surface area (Å²) in [6.07, 6.45) is 74.6. The second-order valence-electron chi connectivity index (χ2n) is 19.9. The summed E-state index contributed by atoms with van der Waals surface area (Å²) in [6.45, 7) is 6.59. The Kier molecular flexibility index (Phi) is 55.8. The van der Waals surface area contributed by atoms with Gasteiger partial charge in [-0.15, -0.1) is 0 Å². The predicted octanol–water partition coefficient (Wildman–Crippen LogP) is 20.2. The Morgan fingerprint density at radius 2 is 0.514 bits per heavy atom. The molecule has 6 nitrogen and oxygen atoms in total. The molecule has 0 aliphatic rings. The molecule has 0 spiro atoms. The minimum absolute atomic E-state index is 0.0899. The minimum Gasteiger partial charge on any atom is -0.462 e.